The topological polar surface area (TPSA) is 3.24 Å². The van der Waals surface area contributed by atoms with Crippen LogP contribution in [-0.4, -0.2) is 0 Å². The average Bonchev–Trinajstić information content (AvgIpc) is 3.30. The quantitative estimate of drug-likeness (QED) is 0.0880. The number of rotatable bonds is 12. The summed E-state index contributed by atoms with van der Waals surface area (Å²) in [4.78, 5) is 2.42. The number of allylic oxidation sites excluding steroid dienone is 2. The van der Waals surface area contributed by atoms with Crippen LogP contribution in [0.25, 0.3) is 0 Å². The van der Waals surface area contributed by atoms with E-state index >= 15 is 0 Å². The minimum Gasteiger partial charge on any atom is -0.311 e. The molecule has 0 radical (unpaired) electrons. The van der Waals surface area contributed by atoms with E-state index in [1.807, 2.05) is 0 Å². The molecule has 3 unspecified atom stereocenters. The first-order valence-corrected chi connectivity index (χ1v) is 22.1. The predicted molar refractivity (Wildman–Crippen MR) is 258 cm³/mol. The van der Waals surface area contributed by atoms with Crippen LogP contribution in [0.15, 0.2) is 218 Å². The van der Waals surface area contributed by atoms with Crippen LogP contribution in [-0.2, 0) is 0 Å². The first kappa shape index (κ1) is 39.7. The minimum absolute atomic E-state index is 0.131. The molecule has 0 fully saturated rings. The summed E-state index contributed by atoms with van der Waals surface area (Å²) in [7, 11) is 0. The van der Waals surface area contributed by atoms with Gasteiger partial charge in [-0.05, 0) is 127 Å². The maximum atomic E-state index is 2.51. The van der Waals surface area contributed by atoms with Crippen molar-refractivity contribution in [2.75, 3.05) is 4.90 Å². The molecule has 0 amide bonds. The van der Waals surface area contributed by atoms with E-state index in [9.17, 15) is 0 Å². The van der Waals surface area contributed by atoms with Crippen molar-refractivity contribution in [2.45, 2.75) is 64.2 Å². The molecule has 0 heterocycles. The zero-order valence-electron chi connectivity index (χ0n) is 35.7. The third-order valence-electron chi connectivity index (χ3n) is 12.5. The van der Waals surface area contributed by atoms with Gasteiger partial charge in [0.1, 0.15) is 0 Å². The van der Waals surface area contributed by atoms with Gasteiger partial charge in [-0.3, -0.25) is 0 Å². The highest BCUT2D eigenvalue weighted by Crippen LogP contribution is 2.42. The molecule has 0 saturated heterocycles. The lowest BCUT2D eigenvalue weighted by atomic mass is 9.80. The Hall–Kier alpha value is -6.70. The molecule has 0 spiro atoms. The van der Waals surface area contributed by atoms with Crippen LogP contribution in [0.1, 0.15) is 105 Å². The zero-order valence-corrected chi connectivity index (χ0v) is 35.7. The maximum Gasteiger partial charge on any atom is 0.0461 e. The second kappa shape index (κ2) is 18.3. The monoisotopic (exact) mass is 789 g/mol. The summed E-state index contributed by atoms with van der Waals surface area (Å²) >= 11 is 0. The van der Waals surface area contributed by atoms with Crippen LogP contribution >= 0.6 is 0 Å². The van der Waals surface area contributed by atoms with E-state index in [2.05, 4.69) is 238 Å². The largest absolute Gasteiger partial charge is 0.311 e. The van der Waals surface area contributed by atoms with Gasteiger partial charge in [-0.2, -0.15) is 0 Å². The first-order valence-electron chi connectivity index (χ1n) is 22.1. The number of anilines is 3. The van der Waals surface area contributed by atoms with E-state index in [1.54, 1.807) is 5.57 Å². The molecular weight excluding hydrogens is 735 g/mol. The Kier molecular flexibility index (Phi) is 11.9. The van der Waals surface area contributed by atoms with Gasteiger partial charge in [-0.1, -0.05) is 198 Å². The molecule has 8 aromatic rings. The molecule has 1 aliphatic rings. The van der Waals surface area contributed by atoms with E-state index in [1.165, 1.54) is 80.5 Å². The van der Waals surface area contributed by atoms with Crippen LogP contribution < -0.4 is 4.90 Å². The van der Waals surface area contributed by atoms with Crippen molar-refractivity contribution in [2.24, 2.45) is 0 Å². The fraction of sp³-hybridized carbons (Fsp3) is 0.167. The number of hydrogen-bond donors (Lipinski definition) is 0. The SMILES string of the molecule is Cc1cccc(C(C2=CCCCC2)c2ccc(N(c3ccc(C(c4ccccc4)c4cccc(C)c4)cc3)c3ccc(C(c4ccccc4)c4cccc(C)c4)cc3)cc2)c1. The molecule has 1 nitrogen and oxygen atoms in total. The third-order valence-corrected chi connectivity index (χ3v) is 12.5. The van der Waals surface area contributed by atoms with Crippen LogP contribution in [0.3, 0.4) is 0 Å². The van der Waals surface area contributed by atoms with Crippen molar-refractivity contribution in [1.29, 1.82) is 0 Å². The van der Waals surface area contributed by atoms with Gasteiger partial charge in [0.15, 0.2) is 0 Å². The fourth-order valence-electron chi connectivity index (χ4n) is 9.64. The van der Waals surface area contributed by atoms with Crippen molar-refractivity contribution >= 4 is 17.1 Å². The number of aryl methyl sites for hydroxylation is 3. The second-order valence-corrected chi connectivity index (χ2v) is 17.0. The fourth-order valence-corrected chi connectivity index (χ4v) is 9.64. The summed E-state index contributed by atoms with van der Waals surface area (Å²) in [5.41, 5.74) is 19.3. The molecule has 1 aliphatic carbocycles. The van der Waals surface area contributed by atoms with Gasteiger partial charge < -0.3 is 4.90 Å². The van der Waals surface area contributed by atoms with E-state index in [-0.39, 0.29) is 17.8 Å². The lowest BCUT2D eigenvalue weighted by Gasteiger charge is -2.29. The third kappa shape index (κ3) is 8.93. The van der Waals surface area contributed by atoms with Gasteiger partial charge in [-0.25, -0.2) is 0 Å². The van der Waals surface area contributed by atoms with Crippen LogP contribution in [0.5, 0.6) is 0 Å². The predicted octanol–water partition coefficient (Wildman–Crippen LogP) is 16.1. The molecule has 0 saturated carbocycles. The molecule has 0 bridgehead atoms. The molecule has 1 heteroatoms. The molecule has 0 aliphatic heterocycles. The summed E-state index contributed by atoms with van der Waals surface area (Å²) in [6.07, 6.45) is 7.38. The normalized spacial score (nSPS) is 14.1. The second-order valence-electron chi connectivity index (χ2n) is 17.0. The molecular formula is C60H55N. The molecule has 0 aromatic heterocycles. The Balaban J connectivity index is 1.13. The van der Waals surface area contributed by atoms with Crippen LogP contribution in [0, 0.1) is 20.8 Å². The Bertz CT molecular complexity index is 2580. The minimum atomic E-state index is 0.131. The maximum absolute atomic E-state index is 2.51. The summed E-state index contributed by atoms with van der Waals surface area (Å²) < 4.78 is 0. The van der Waals surface area contributed by atoms with Gasteiger partial charge >= 0.3 is 0 Å². The number of benzene rings is 8. The molecule has 8 aromatic carbocycles. The average molecular weight is 790 g/mol. The Morgan fingerprint density at radius 3 is 1.03 bits per heavy atom. The molecule has 9 rings (SSSR count). The van der Waals surface area contributed by atoms with E-state index < -0.39 is 0 Å². The molecule has 300 valence electrons. The van der Waals surface area contributed by atoms with Crippen molar-refractivity contribution in [3.63, 3.8) is 0 Å². The van der Waals surface area contributed by atoms with Gasteiger partial charge in [-0.15, -0.1) is 0 Å². The summed E-state index contributed by atoms with van der Waals surface area (Å²) in [6, 6.07) is 76.8. The van der Waals surface area contributed by atoms with E-state index in [0.717, 1.165) is 23.5 Å². The first-order chi connectivity index (χ1) is 30.0. The van der Waals surface area contributed by atoms with Crippen molar-refractivity contribution < 1.29 is 0 Å². The number of nitrogens with zero attached hydrogens (tertiary/aromatic N) is 1. The molecule has 61 heavy (non-hydrogen) atoms. The van der Waals surface area contributed by atoms with Crippen LogP contribution in [0.4, 0.5) is 17.1 Å². The van der Waals surface area contributed by atoms with Gasteiger partial charge in [0, 0.05) is 34.8 Å². The Morgan fingerprint density at radius 1 is 0.328 bits per heavy atom. The van der Waals surface area contributed by atoms with Gasteiger partial charge in [0.05, 0.1) is 0 Å². The van der Waals surface area contributed by atoms with Gasteiger partial charge in [0.25, 0.3) is 0 Å². The number of hydrogen-bond acceptors (Lipinski definition) is 1. The lowest BCUT2D eigenvalue weighted by Crippen LogP contribution is -2.12. The van der Waals surface area contributed by atoms with Crippen molar-refractivity contribution in [3.8, 4) is 0 Å². The van der Waals surface area contributed by atoms with Crippen LogP contribution in [0.2, 0.25) is 0 Å². The highest BCUT2D eigenvalue weighted by molar-refractivity contribution is 5.77. The van der Waals surface area contributed by atoms with E-state index in [0.29, 0.717) is 0 Å². The standard InChI is InChI=1S/C60H55N/c1-43-16-13-25-52(40-43)58(46-19-7-4-8-20-46)49-28-34-55(35-29-49)61(56-36-30-50(31-37-56)59(47-21-9-5-10-22-47)53-26-14-17-44(2)41-53)57-38-32-51(33-39-57)60(48-23-11-6-12-24-48)54-27-15-18-45(3)42-54/h4-5,7-10,13-23,25-42,58-60H,6,11-12,24H2,1-3H3. The molecule has 0 N–H and O–H groups in total. The van der Waals surface area contributed by atoms with E-state index in [4.69, 9.17) is 0 Å². The van der Waals surface area contributed by atoms with Crippen molar-refractivity contribution in [1.82, 2.24) is 0 Å². The molecule has 3 atom stereocenters. The van der Waals surface area contributed by atoms with Gasteiger partial charge in [0.2, 0.25) is 0 Å². The smallest absolute Gasteiger partial charge is 0.0461 e. The zero-order chi connectivity index (χ0) is 41.5. The highest BCUT2D eigenvalue weighted by atomic mass is 15.1. The van der Waals surface area contributed by atoms with Crippen molar-refractivity contribution in [3.05, 3.63) is 279 Å². The Morgan fingerprint density at radius 2 is 0.672 bits per heavy atom. The summed E-state index contributed by atoms with van der Waals surface area (Å²) in [5.74, 6) is 0.520. The summed E-state index contributed by atoms with van der Waals surface area (Å²) in [6.45, 7) is 6.57. The Labute approximate surface area is 363 Å². The summed E-state index contributed by atoms with van der Waals surface area (Å²) in [5, 5.41) is 0. The lowest BCUT2D eigenvalue weighted by molar-refractivity contribution is 0.668. The highest BCUT2D eigenvalue weighted by Gasteiger charge is 2.24.